The Hall–Kier alpha value is -3.12. The van der Waals surface area contributed by atoms with Crippen molar-refractivity contribution in [2.24, 2.45) is 10.4 Å². The van der Waals surface area contributed by atoms with Gasteiger partial charge in [-0.3, -0.25) is 14.6 Å². The molecule has 1 aromatic carbocycles. The number of aliphatic hydroxyl groups excluding tert-OH is 2. The summed E-state index contributed by atoms with van der Waals surface area (Å²) in [7, 11) is 1.41. The quantitative estimate of drug-likeness (QED) is 0.458. The third-order valence-corrected chi connectivity index (χ3v) is 8.78. The number of methoxy groups -OCH3 is 1. The van der Waals surface area contributed by atoms with Gasteiger partial charge in [-0.1, -0.05) is 6.08 Å². The van der Waals surface area contributed by atoms with E-state index in [1.165, 1.54) is 41.8 Å². The fourth-order valence-electron chi connectivity index (χ4n) is 4.96. The predicted octanol–water partition coefficient (Wildman–Crippen LogP) is 2.19. The summed E-state index contributed by atoms with van der Waals surface area (Å²) in [4.78, 5) is 43.2. The molecule has 200 valence electrons. The Balaban J connectivity index is 1.68. The van der Waals surface area contributed by atoms with Crippen LogP contribution in [0.15, 0.2) is 32.9 Å². The van der Waals surface area contributed by atoms with E-state index >= 15 is 0 Å². The highest BCUT2D eigenvalue weighted by Gasteiger charge is 2.50. The predicted molar refractivity (Wildman–Crippen MR) is 140 cm³/mol. The Kier molecular flexibility index (Phi) is 7.12. The van der Waals surface area contributed by atoms with Crippen LogP contribution >= 0.6 is 11.8 Å². The molecular weight excluding hydrogens is 513 g/mol. The highest BCUT2D eigenvalue weighted by atomic mass is 32.2. The van der Waals surface area contributed by atoms with Gasteiger partial charge in [0.2, 0.25) is 5.91 Å². The molecule has 3 N–H and O–H groups in total. The monoisotopic (exact) mass is 541 g/mol. The van der Waals surface area contributed by atoms with E-state index < -0.39 is 28.9 Å². The number of aromatic nitrogens is 1. The lowest BCUT2D eigenvalue weighted by molar-refractivity contribution is -0.128. The standard InChI is InChI=1S/C27H28FN3O6S/c1-14-19(28)8-20-23-16(21(12-38-24(14)23)30-26(36)27(13-33)4-5-27)3-6-31-15(9-29-20)7-17(22(34)10-32)18(11-37-2)25(31)35/h3,7-10,21-22,33-34H,4-6,11-13H2,1-2H3,(H,30,36)/b16-3+,29-9?. The van der Waals surface area contributed by atoms with Crippen molar-refractivity contribution in [2.75, 3.05) is 19.5 Å². The normalized spacial score (nSPS) is 21.1. The zero-order chi connectivity index (χ0) is 27.2. The summed E-state index contributed by atoms with van der Waals surface area (Å²) in [5.74, 6) is -0.210. The van der Waals surface area contributed by atoms with E-state index in [0.717, 1.165) is 0 Å². The zero-order valence-electron chi connectivity index (χ0n) is 21.0. The molecule has 1 fully saturated rings. The van der Waals surface area contributed by atoms with Crippen LogP contribution in [0.2, 0.25) is 0 Å². The Morgan fingerprint density at radius 2 is 2.18 bits per heavy atom. The number of hydrogen-bond acceptors (Lipinski definition) is 8. The number of hydrogen-bond donors (Lipinski definition) is 3. The molecule has 1 aromatic heterocycles. The van der Waals surface area contributed by atoms with Crippen molar-refractivity contribution in [1.29, 1.82) is 0 Å². The maximum Gasteiger partial charge on any atom is 0.257 e. The first-order valence-electron chi connectivity index (χ1n) is 12.3. The molecule has 11 heteroatoms. The average Bonchev–Trinajstić information content (AvgIpc) is 3.71. The van der Waals surface area contributed by atoms with Crippen LogP contribution in [0.25, 0.3) is 5.57 Å². The van der Waals surface area contributed by atoms with Crippen molar-refractivity contribution in [1.82, 2.24) is 9.88 Å². The van der Waals surface area contributed by atoms with Gasteiger partial charge in [0.05, 0.1) is 42.3 Å². The van der Waals surface area contributed by atoms with E-state index in [1.807, 2.05) is 6.08 Å². The second-order valence-electron chi connectivity index (χ2n) is 9.83. The summed E-state index contributed by atoms with van der Waals surface area (Å²) >= 11 is 1.42. The molecule has 1 amide bonds. The van der Waals surface area contributed by atoms with Crippen molar-refractivity contribution in [3.8, 4) is 0 Å². The molecule has 3 aliphatic rings. The van der Waals surface area contributed by atoms with Gasteiger partial charge in [-0.25, -0.2) is 4.39 Å². The number of allylic oxidation sites excluding steroid dienone is 1. The molecule has 2 aromatic rings. The number of aliphatic imine (C=N–C) groups is 1. The third kappa shape index (κ3) is 4.43. The average molecular weight is 542 g/mol. The molecule has 1 aliphatic carbocycles. The van der Waals surface area contributed by atoms with Crippen molar-refractivity contribution in [3.63, 3.8) is 0 Å². The van der Waals surface area contributed by atoms with Crippen LogP contribution in [0.4, 0.5) is 10.1 Å². The molecule has 2 aliphatic heterocycles. The first-order valence-corrected chi connectivity index (χ1v) is 13.2. The second kappa shape index (κ2) is 10.2. The second-order valence-corrected chi connectivity index (χ2v) is 10.9. The number of amides is 1. The lowest BCUT2D eigenvalue weighted by Crippen LogP contribution is -2.44. The lowest BCUT2D eigenvalue weighted by atomic mass is 9.93. The molecule has 9 nitrogen and oxygen atoms in total. The Morgan fingerprint density at radius 1 is 1.42 bits per heavy atom. The number of carbonyl (C=O) groups is 2. The van der Waals surface area contributed by atoms with E-state index in [2.05, 4.69) is 10.3 Å². The van der Waals surface area contributed by atoms with Gasteiger partial charge in [0.15, 0.2) is 6.29 Å². The van der Waals surface area contributed by atoms with Crippen LogP contribution in [0.5, 0.6) is 0 Å². The molecule has 0 bridgehead atoms. The fraction of sp³-hybridized carbons (Fsp3) is 0.407. The number of benzene rings is 1. The molecule has 2 unspecified atom stereocenters. The first-order chi connectivity index (χ1) is 18.2. The SMILES string of the molecule is COCc1c(C(O)C=O)cc2n(c1=O)C/C=C1/c3c(cc(F)c(C)c3SCC1NC(=O)C1(CO)CC1)N=C2. The topological polar surface area (TPSA) is 130 Å². The molecule has 0 saturated heterocycles. The molecule has 2 atom stereocenters. The van der Waals surface area contributed by atoms with E-state index in [0.29, 0.717) is 57.9 Å². The van der Waals surface area contributed by atoms with E-state index in [1.54, 1.807) is 6.92 Å². The summed E-state index contributed by atoms with van der Waals surface area (Å²) in [6.07, 6.45) is 3.28. The maximum absolute atomic E-state index is 14.9. The van der Waals surface area contributed by atoms with Crippen LogP contribution in [0.3, 0.4) is 0 Å². The number of carbonyl (C=O) groups excluding carboxylic acids is 2. The highest BCUT2D eigenvalue weighted by Crippen LogP contribution is 2.48. The van der Waals surface area contributed by atoms with Crippen LogP contribution < -0.4 is 10.9 Å². The smallest absolute Gasteiger partial charge is 0.257 e. The minimum atomic E-state index is -1.52. The summed E-state index contributed by atoms with van der Waals surface area (Å²) in [5.41, 5.74) is 1.56. The summed E-state index contributed by atoms with van der Waals surface area (Å²) in [5, 5.41) is 23.1. The Bertz CT molecular complexity index is 1450. The van der Waals surface area contributed by atoms with Gasteiger partial charge < -0.3 is 29.6 Å². The number of rotatable bonds is 7. The van der Waals surface area contributed by atoms with Gasteiger partial charge in [0.1, 0.15) is 11.9 Å². The number of ether oxygens (including phenoxy) is 1. The van der Waals surface area contributed by atoms with Crippen LogP contribution in [0.1, 0.15) is 46.9 Å². The molecule has 3 heterocycles. The number of nitrogens with one attached hydrogen (secondary N) is 1. The Labute approximate surface area is 222 Å². The summed E-state index contributed by atoms with van der Waals surface area (Å²) in [6, 6.07) is 2.39. The largest absolute Gasteiger partial charge is 0.395 e. The number of aldehydes is 1. The van der Waals surface area contributed by atoms with Gasteiger partial charge >= 0.3 is 0 Å². The van der Waals surface area contributed by atoms with Crippen LogP contribution in [0, 0.1) is 18.2 Å². The summed E-state index contributed by atoms with van der Waals surface area (Å²) in [6.45, 7) is 1.45. The van der Waals surface area contributed by atoms with Crippen molar-refractivity contribution < 1.29 is 28.9 Å². The Morgan fingerprint density at radius 3 is 2.84 bits per heavy atom. The number of fused-ring (bicyclic) bond motifs is 1. The van der Waals surface area contributed by atoms with Crippen LogP contribution in [-0.4, -0.2) is 58.7 Å². The maximum atomic E-state index is 14.9. The number of thioether (sulfide) groups is 1. The molecule has 1 saturated carbocycles. The van der Waals surface area contributed by atoms with E-state index in [4.69, 9.17) is 4.74 Å². The number of pyridine rings is 1. The van der Waals surface area contributed by atoms with Crippen molar-refractivity contribution in [3.05, 3.63) is 62.3 Å². The first kappa shape index (κ1) is 26.5. The lowest BCUT2D eigenvalue weighted by Gasteiger charge is -2.31. The van der Waals surface area contributed by atoms with E-state index in [9.17, 15) is 29.0 Å². The minimum absolute atomic E-state index is 0.0984. The van der Waals surface area contributed by atoms with Gasteiger partial charge in [0.25, 0.3) is 5.56 Å². The zero-order valence-corrected chi connectivity index (χ0v) is 21.8. The third-order valence-electron chi connectivity index (χ3n) is 7.48. The van der Waals surface area contributed by atoms with Gasteiger partial charge in [-0.2, -0.15) is 0 Å². The van der Waals surface area contributed by atoms with Gasteiger partial charge in [-0.15, -0.1) is 11.8 Å². The molecule has 38 heavy (non-hydrogen) atoms. The summed E-state index contributed by atoms with van der Waals surface area (Å²) < 4.78 is 21.5. The van der Waals surface area contributed by atoms with Gasteiger partial charge in [0, 0.05) is 47.1 Å². The van der Waals surface area contributed by atoms with Crippen molar-refractivity contribution in [2.45, 2.75) is 50.0 Å². The molecule has 0 radical (unpaired) electrons. The fourth-order valence-corrected chi connectivity index (χ4v) is 6.24. The van der Waals surface area contributed by atoms with Gasteiger partial charge in [-0.05, 0) is 37.0 Å². The minimum Gasteiger partial charge on any atom is -0.395 e. The number of nitrogens with zero attached hydrogens (tertiary/aromatic N) is 2. The van der Waals surface area contributed by atoms with Crippen LogP contribution in [-0.2, 0) is 27.5 Å². The van der Waals surface area contributed by atoms with Crippen molar-refractivity contribution >= 4 is 41.4 Å². The molecule has 0 spiro atoms. The number of halogens is 1. The highest BCUT2D eigenvalue weighted by molar-refractivity contribution is 7.99. The number of aliphatic hydroxyl groups is 2. The van der Waals surface area contributed by atoms with E-state index in [-0.39, 0.29) is 36.8 Å². The molecule has 5 rings (SSSR count). The molecular formula is C27H28FN3O6S.